The van der Waals surface area contributed by atoms with Gasteiger partial charge in [-0.1, -0.05) is 6.07 Å². The second-order valence-electron chi connectivity index (χ2n) is 4.00. The summed E-state index contributed by atoms with van der Waals surface area (Å²) in [4.78, 5) is 14.6. The lowest BCUT2D eigenvalue weighted by Crippen LogP contribution is -2.22. The van der Waals surface area contributed by atoms with E-state index in [-0.39, 0.29) is 11.8 Å². The number of hydrogen-bond acceptors (Lipinski definition) is 4. The zero-order valence-corrected chi connectivity index (χ0v) is 8.76. The van der Waals surface area contributed by atoms with Crippen LogP contribution < -0.4 is 5.32 Å². The summed E-state index contributed by atoms with van der Waals surface area (Å²) in [7, 11) is 0. The first kappa shape index (κ1) is 10.9. The highest BCUT2D eigenvalue weighted by atomic mass is 16.4. The van der Waals surface area contributed by atoms with Crippen LogP contribution >= 0.6 is 0 Å². The molecule has 0 aromatic carbocycles. The Labute approximate surface area is 93.1 Å². The molecule has 0 bridgehead atoms. The average molecular weight is 222 g/mol. The number of aromatic carboxylic acids is 1. The topological polar surface area (TPSA) is 82.5 Å². The van der Waals surface area contributed by atoms with Gasteiger partial charge in [-0.2, -0.15) is 0 Å². The number of nitrogens with zero attached hydrogens (tertiary/aromatic N) is 1. The summed E-state index contributed by atoms with van der Waals surface area (Å²) in [5.74, 6) is -0.166. The molecule has 1 unspecified atom stereocenters. The van der Waals surface area contributed by atoms with Crippen molar-refractivity contribution >= 4 is 11.8 Å². The van der Waals surface area contributed by atoms with Crippen LogP contribution in [0.5, 0.6) is 0 Å². The lowest BCUT2D eigenvalue weighted by molar-refractivity contribution is 0.0690. The molecular formula is C11H14N2O3. The second-order valence-corrected chi connectivity index (χ2v) is 4.00. The minimum atomic E-state index is -1.05. The second kappa shape index (κ2) is 4.49. The molecule has 1 aliphatic carbocycles. The minimum absolute atomic E-state index is 0.00547. The fraction of sp³-hybridized carbons (Fsp3) is 0.455. The van der Waals surface area contributed by atoms with Gasteiger partial charge in [0.15, 0.2) is 5.69 Å². The fourth-order valence-electron chi connectivity index (χ4n) is 1.51. The number of pyridine rings is 1. The van der Waals surface area contributed by atoms with Crippen molar-refractivity contribution in [3.63, 3.8) is 0 Å². The van der Waals surface area contributed by atoms with Crippen molar-refractivity contribution in [2.45, 2.75) is 18.9 Å². The van der Waals surface area contributed by atoms with Crippen LogP contribution in [0.4, 0.5) is 5.82 Å². The van der Waals surface area contributed by atoms with Crippen molar-refractivity contribution in [2.75, 3.05) is 11.9 Å². The predicted molar refractivity (Wildman–Crippen MR) is 58.4 cm³/mol. The zero-order chi connectivity index (χ0) is 11.5. The van der Waals surface area contributed by atoms with Crippen molar-refractivity contribution in [3.8, 4) is 0 Å². The number of aromatic nitrogens is 1. The maximum atomic E-state index is 10.7. The van der Waals surface area contributed by atoms with E-state index in [4.69, 9.17) is 5.11 Å². The Hall–Kier alpha value is -1.62. The molecule has 0 saturated heterocycles. The number of carbonyl (C=O) groups is 1. The highest BCUT2D eigenvalue weighted by Gasteiger charge is 2.29. The van der Waals surface area contributed by atoms with Gasteiger partial charge in [-0.25, -0.2) is 9.78 Å². The number of carboxylic acids is 1. The SMILES string of the molecule is O=C(O)c1cccc(NCC(O)C2CC2)n1. The van der Waals surface area contributed by atoms with Crippen LogP contribution in [0.1, 0.15) is 23.3 Å². The van der Waals surface area contributed by atoms with Crippen LogP contribution in [0.15, 0.2) is 18.2 Å². The Bertz CT molecular complexity index is 391. The standard InChI is InChI=1S/C11H14N2O3/c14-9(7-4-5-7)6-12-10-3-1-2-8(13-10)11(15)16/h1-3,7,9,14H,4-6H2,(H,12,13)(H,15,16). The Balaban J connectivity index is 1.92. The van der Waals surface area contributed by atoms with E-state index in [1.54, 1.807) is 12.1 Å². The predicted octanol–water partition coefficient (Wildman–Crippen LogP) is 0.963. The number of hydrogen-bond donors (Lipinski definition) is 3. The van der Waals surface area contributed by atoms with Gasteiger partial charge in [0.2, 0.25) is 0 Å². The summed E-state index contributed by atoms with van der Waals surface area (Å²) in [5.41, 5.74) is 0.00547. The Kier molecular flexibility index (Phi) is 3.05. The third-order valence-corrected chi connectivity index (χ3v) is 2.63. The molecule has 1 aromatic heterocycles. The smallest absolute Gasteiger partial charge is 0.354 e. The van der Waals surface area contributed by atoms with Gasteiger partial charge < -0.3 is 15.5 Å². The molecular weight excluding hydrogens is 208 g/mol. The molecule has 16 heavy (non-hydrogen) atoms. The van der Waals surface area contributed by atoms with Gasteiger partial charge in [0.05, 0.1) is 6.10 Å². The maximum absolute atomic E-state index is 10.7. The molecule has 3 N–H and O–H groups in total. The summed E-state index contributed by atoms with van der Waals surface area (Å²) in [6, 6.07) is 4.75. The van der Waals surface area contributed by atoms with Gasteiger partial charge in [-0.15, -0.1) is 0 Å². The molecule has 1 aliphatic rings. The highest BCUT2D eigenvalue weighted by molar-refractivity contribution is 5.85. The summed E-state index contributed by atoms with van der Waals surface area (Å²) in [6.45, 7) is 0.417. The first-order valence-corrected chi connectivity index (χ1v) is 5.29. The monoisotopic (exact) mass is 222 g/mol. The third kappa shape index (κ3) is 2.70. The Morgan fingerprint density at radius 1 is 1.56 bits per heavy atom. The van der Waals surface area contributed by atoms with Crippen LogP contribution in [-0.2, 0) is 0 Å². The van der Waals surface area contributed by atoms with Crippen LogP contribution in [0.2, 0.25) is 0 Å². The number of rotatable bonds is 5. The molecule has 5 heteroatoms. The van der Waals surface area contributed by atoms with Crippen LogP contribution in [0, 0.1) is 5.92 Å². The fourth-order valence-corrected chi connectivity index (χ4v) is 1.51. The zero-order valence-electron chi connectivity index (χ0n) is 8.76. The highest BCUT2D eigenvalue weighted by Crippen LogP contribution is 2.32. The number of nitrogens with one attached hydrogen (secondary N) is 1. The van der Waals surface area contributed by atoms with Gasteiger partial charge >= 0.3 is 5.97 Å². The lowest BCUT2D eigenvalue weighted by Gasteiger charge is -2.11. The van der Waals surface area contributed by atoms with E-state index >= 15 is 0 Å². The Morgan fingerprint density at radius 3 is 2.94 bits per heavy atom. The molecule has 1 heterocycles. The largest absolute Gasteiger partial charge is 0.477 e. The van der Waals surface area contributed by atoms with Crippen LogP contribution in [0.25, 0.3) is 0 Å². The van der Waals surface area contributed by atoms with Crippen LogP contribution in [-0.4, -0.2) is 33.8 Å². The van der Waals surface area contributed by atoms with E-state index < -0.39 is 5.97 Å². The first-order valence-electron chi connectivity index (χ1n) is 5.29. The summed E-state index contributed by atoms with van der Waals surface area (Å²) in [6.07, 6.45) is 1.78. The molecule has 1 fully saturated rings. The van der Waals surface area contributed by atoms with E-state index in [0.29, 0.717) is 18.3 Å². The van der Waals surface area contributed by atoms with E-state index in [1.165, 1.54) is 6.07 Å². The van der Waals surface area contributed by atoms with Crippen molar-refractivity contribution < 1.29 is 15.0 Å². The Morgan fingerprint density at radius 2 is 2.31 bits per heavy atom. The van der Waals surface area contributed by atoms with Crippen molar-refractivity contribution in [3.05, 3.63) is 23.9 Å². The van der Waals surface area contributed by atoms with E-state index in [9.17, 15) is 9.90 Å². The third-order valence-electron chi connectivity index (χ3n) is 2.63. The van der Waals surface area contributed by atoms with Gasteiger partial charge in [0.25, 0.3) is 0 Å². The van der Waals surface area contributed by atoms with E-state index in [2.05, 4.69) is 10.3 Å². The minimum Gasteiger partial charge on any atom is -0.477 e. The molecule has 1 atom stereocenters. The van der Waals surface area contributed by atoms with Crippen molar-refractivity contribution in [1.29, 1.82) is 0 Å². The number of carboxylic acid groups (broad SMARTS) is 1. The van der Waals surface area contributed by atoms with Crippen LogP contribution in [0.3, 0.4) is 0 Å². The van der Waals surface area contributed by atoms with Crippen molar-refractivity contribution in [1.82, 2.24) is 4.98 Å². The summed E-state index contributed by atoms with van der Waals surface area (Å²) in [5, 5.41) is 21.3. The molecule has 1 saturated carbocycles. The van der Waals surface area contributed by atoms with E-state index in [1.807, 2.05) is 0 Å². The van der Waals surface area contributed by atoms with Gasteiger partial charge in [-0.3, -0.25) is 0 Å². The van der Waals surface area contributed by atoms with Gasteiger partial charge in [0, 0.05) is 6.54 Å². The molecule has 86 valence electrons. The number of anilines is 1. The molecule has 2 rings (SSSR count). The summed E-state index contributed by atoms with van der Waals surface area (Å²) < 4.78 is 0. The average Bonchev–Trinajstić information content (AvgIpc) is 3.10. The lowest BCUT2D eigenvalue weighted by atomic mass is 10.2. The number of aliphatic hydroxyl groups is 1. The maximum Gasteiger partial charge on any atom is 0.354 e. The number of aliphatic hydroxyl groups excluding tert-OH is 1. The van der Waals surface area contributed by atoms with E-state index in [0.717, 1.165) is 12.8 Å². The van der Waals surface area contributed by atoms with Gasteiger partial charge in [-0.05, 0) is 30.9 Å². The first-order chi connectivity index (χ1) is 7.66. The van der Waals surface area contributed by atoms with Gasteiger partial charge in [0.1, 0.15) is 5.82 Å². The molecule has 1 aromatic rings. The van der Waals surface area contributed by atoms with Crippen molar-refractivity contribution in [2.24, 2.45) is 5.92 Å². The molecule has 0 aliphatic heterocycles. The molecule has 0 radical (unpaired) electrons. The quantitative estimate of drug-likeness (QED) is 0.691. The molecule has 0 spiro atoms. The normalized spacial score (nSPS) is 16.8. The molecule has 0 amide bonds. The summed E-state index contributed by atoms with van der Waals surface area (Å²) >= 11 is 0. The molecule has 5 nitrogen and oxygen atoms in total.